The van der Waals surface area contributed by atoms with Gasteiger partial charge in [-0.1, -0.05) is 24.1 Å². The zero-order valence-corrected chi connectivity index (χ0v) is 9.75. The first-order chi connectivity index (χ1) is 7.86. The van der Waals surface area contributed by atoms with Crippen molar-refractivity contribution in [2.24, 2.45) is 0 Å². The Bertz CT molecular complexity index is 541. The molecule has 0 aliphatic carbocycles. The number of aromatic nitrogens is 1. The second-order valence-electron chi connectivity index (χ2n) is 3.76. The minimum absolute atomic E-state index is 0.765. The predicted molar refractivity (Wildman–Crippen MR) is 68.2 cm³/mol. The highest BCUT2D eigenvalue weighted by Gasteiger charge is 2.05. The zero-order valence-electron chi connectivity index (χ0n) is 9.75. The molecule has 1 aromatic carbocycles. The topological polar surface area (TPSA) is 17.0 Å². The Labute approximate surface area is 96.3 Å². The van der Waals surface area contributed by atoms with Crippen LogP contribution in [-0.4, -0.2) is 11.6 Å². The van der Waals surface area contributed by atoms with Crippen LogP contribution in [0.2, 0.25) is 0 Å². The number of benzene rings is 1. The van der Waals surface area contributed by atoms with E-state index in [-0.39, 0.29) is 0 Å². The van der Waals surface area contributed by atoms with Gasteiger partial charge in [0.15, 0.2) is 0 Å². The zero-order chi connectivity index (χ0) is 11.4. The third kappa shape index (κ3) is 1.95. The molecule has 0 amide bonds. The van der Waals surface area contributed by atoms with E-state index in [1.54, 1.807) is 0 Å². The molecule has 82 valence electrons. The number of hydrogen-bond acceptors (Lipinski definition) is 1. The van der Waals surface area contributed by atoms with Crippen LogP contribution >= 0.6 is 0 Å². The van der Waals surface area contributed by atoms with E-state index >= 15 is 0 Å². The Morgan fingerprint density at radius 3 is 2.88 bits per heavy atom. The van der Waals surface area contributed by atoms with Crippen molar-refractivity contribution in [3.05, 3.63) is 36.0 Å². The van der Waals surface area contributed by atoms with Crippen molar-refractivity contribution in [3.8, 4) is 11.8 Å². The molecule has 1 N–H and O–H groups in total. The van der Waals surface area contributed by atoms with Gasteiger partial charge in [-0.15, -0.1) is 5.92 Å². The molecule has 1 aromatic heterocycles. The number of para-hydroxylation sites is 1. The molecule has 2 rings (SSSR count). The molecule has 16 heavy (non-hydrogen) atoms. The molecule has 0 aliphatic heterocycles. The molecule has 0 bridgehead atoms. The Hall–Kier alpha value is -1.72. The summed E-state index contributed by atoms with van der Waals surface area (Å²) in [7, 11) is 1.97. The van der Waals surface area contributed by atoms with Crippen LogP contribution in [0.15, 0.2) is 30.5 Å². The van der Waals surface area contributed by atoms with Crippen LogP contribution in [0, 0.1) is 11.8 Å². The Morgan fingerprint density at radius 2 is 2.12 bits per heavy atom. The summed E-state index contributed by atoms with van der Waals surface area (Å²) in [6.45, 7) is 3.54. The summed E-state index contributed by atoms with van der Waals surface area (Å²) < 4.78 is 2.21. The fraction of sp³-hybridized carbons (Fsp3) is 0.286. The minimum Gasteiger partial charge on any atom is -0.335 e. The van der Waals surface area contributed by atoms with Gasteiger partial charge in [-0.05, 0) is 25.6 Å². The first-order valence-corrected chi connectivity index (χ1v) is 5.47. The van der Waals surface area contributed by atoms with Crippen LogP contribution in [-0.2, 0) is 13.1 Å². The van der Waals surface area contributed by atoms with Gasteiger partial charge in [0.05, 0.1) is 6.54 Å². The lowest BCUT2D eigenvalue weighted by atomic mass is 10.2. The lowest BCUT2D eigenvalue weighted by Gasteiger charge is -1.98. The van der Waals surface area contributed by atoms with Gasteiger partial charge in [0.25, 0.3) is 0 Å². The summed E-state index contributed by atoms with van der Waals surface area (Å²) in [4.78, 5) is 0. The highest BCUT2D eigenvalue weighted by molar-refractivity contribution is 5.84. The molecule has 0 fully saturated rings. The van der Waals surface area contributed by atoms with Gasteiger partial charge in [0.2, 0.25) is 0 Å². The number of fused-ring (bicyclic) bond motifs is 1. The van der Waals surface area contributed by atoms with Crippen molar-refractivity contribution >= 4 is 10.9 Å². The lowest BCUT2D eigenvalue weighted by molar-refractivity contribution is 0.807. The monoisotopic (exact) mass is 212 g/mol. The number of hydrogen-bond donors (Lipinski definition) is 1. The summed E-state index contributed by atoms with van der Waals surface area (Å²) in [6.07, 6.45) is 2.19. The second kappa shape index (κ2) is 4.87. The van der Waals surface area contributed by atoms with Gasteiger partial charge < -0.3 is 9.88 Å². The van der Waals surface area contributed by atoms with Gasteiger partial charge in [0.1, 0.15) is 0 Å². The SMILES string of the molecule is CC#CCn1cc(CNC)c2ccccc21. The summed E-state index contributed by atoms with van der Waals surface area (Å²) in [5, 5.41) is 4.51. The molecular weight excluding hydrogens is 196 g/mol. The summed E-state index contributed by atoms with van der Waals surface area (Å²) in [5.41, 5.74) is 2.59. The first-order valence-electron chi connectivity index (χ1n) is 5.47. The quantitative estimate of drug-likeness (QED) is 0.773. The molecule has 0 unspecified atom stereocenters. The third-order valence-corrected chi connectivity index (χ3v) is 2.66. The second-order valence-corrected chi connectivity index (χ2v) is 3.76. The van der Waals surface area contributed by atoms with Gasteiger partial charge in [-0.3, -0.25) is 0 Å². The molecule has 1 heterocycles. The Morgan fingerprint density at radius 1 is 1.31 bits per heavy atom. The maximum atomic E-state index is 3.20. The number of nitrogens with zero attached hydrogens (tertiary/aromatic N) is 1. The fourth-order valence-electron chi connectivity index (χ4n) is 1.95. The summed E-state index contributed by atoms with van der Waals surface area (Å²) in [5.74, 6) is 6.04. The normalized spacial score (nSPS) is 10.1. The average Bonchev–Trinajstić information content (AvgIpc) is 2.66. The van der Waals surface area contributed by atoms with Gasteiger partial charge in [-0.2, -0.15) is 0 Å². The van der Waals surface area contributed by atoms with Crippen LogP contribution in [0.1, 0.15) is 12.5 Å². The molecule has 2 aromatic rings. The molecule has 2 heteroatoms. The van der Waals surface area contributed by atoms with Crippen LogP contribution < -0.4 is 5.32 Å². The Balaban J connectivity index is 2.51. The Kier molecular flexibility index (Phi) is 3.28. The molecule has 0 atom stereocenters. The van der Waals surface area contributed by atoms with Crippen molar-refractivity contribution in [3.63, 3.8) is 0 Å². The highest BCUT2D eigenvalue weighted by atomic mass is 15.0. The standard InChI is InChI=1S/C14H16N2/c1-3-4-9-16-11-12(10-15-2)13-7-5-6-8-14(13)16/h5-8,11,15H,9-10H2,1-2H3. The van der Waals surface area contributed by atoms with Crippen LogP contribution in [0.5, 0.6) is 0 Å². The minimum atomic E-state index is 0.765. The van der Waals surface area contributed by atoms with E-state index in [0.717, 1.165) is 13.1 Å². The van der Waals surface area contributed by atoms with Gasteiger partial charge in [-0.25, -0.2) is 0 Å². The smallest absolute Gasteiger partial charge is 0.0837 e. The maximum Gasteiger partial charge on any atom is 0.0837 e. The van der Waals surface area contributed by atoms with E-state index in [4.69, 9.17) is 0 Å². The van der Waals surface area contributed by atoms with E-state index < -0.39 is 0 Å². The number of nitrogens with one attached hydrogen (secondary N) is 1. The van der Waals surface area contributed by atoms with Crippen LogP contribution in [0.4, 0.5) is 0 Å². The molecule has 0 aliphatic rings. The van der Waals surface area contributed by atoms with E-state index in [2.05, 4.69) is 52.2 Å². The van der Waals surface area contributed by atoms with E-state index in [1.807, 2.05) is 14.0 Å². The van der Waals surface area contributed by atoms with Crippen molar-refractivity contribution < 1.29 is 0 Å². The maximum absolute atomic E-state index is 3.20. The van der Waals surface area contributed by atoms with E-state index in [1.165, 1.54) is 16.5 Å². The number of rotatable bonds is 3. The molecule has 0 spiro atoms. The third-order valence-electron chi connectivity index (χ3n) is 2.66. The van der Waals surface area contributed by atoms with Crippen LogP contribution in [0.3, 0.4) is 0 Å². The van der Waals surface area contributed by atoms with Crippen molar-refractivity contribution in [2.45, 2.75) is 20.0 Å². The summed E-state index contributed by atoms with van der Waals surface area (Å²) >= 11 is 0. The average molecular weight is 212 g/mol. The van der Waals surface area contributed by atoms with Crippen molar-refractivity contribution in [2.75, 3.05) is 7.05 Å². The van der Waals surface area contributed by atoms with Crippen molar-refractivity contribution in [1.82, 2.24) is 9.88 Å². The molecule has 0 radical (unpaired) electrons. The molecule has 0 saturated carbocycles. The van der Waals surface area contributed by atoms with E-state index in [0.29, 0.717) is 0 Å². The fourth-order valence-corrected chi connectivity index (χ4v) is 1.95. The van der Waals surface area contributed by atoms with Gasteiger partial charge >= 0.3 is 0 Å². The van der Waals surface area contributed by atoms with Crippen molar-refractivity contribution in [1.29, 1.82) is 0 Å². The predicted octanol–water partition coefficient (Wildman–Crippen LogP) is 2.38. The molecular formula is C14H16N2. The van der Waals surface area contributed by atoms with E-state index in [9.17, 15) is 0 Å². The molecule has 2 nitrogen and oxygen atoms in total. The largest absolute Gasteiger partial charge is 0.335 e. The van der Waals surface area contributed by atoms with Crippen LogP contribution in [0.25, 0.3) is 10.9 Å². The highest BCUT2D eigenvalue weighted by Crippen LogP contribution is 2.20. The first kappa shape index (κ1) is 10.8. The summed E-state index contributed by atoms with van der Waals surface area (Å²) in [6, 6.07) is 8.46. The lowest BCUT2D eigenvalue weighted by Crippen LogP contribution is -2.04. The molecule has 0 saturated heterocycles. The van der Waals surface area contributed by atoms with Gasteiger partial charge in [0, 0.05) is 23.6 Å².